The van der Waals surface area contributed by atoms with E-state index >= 15 is 0 Å². The molecule has 0 spiro atoms. The van der Waals surface area contributed by atoms with Crippen molar-refractivity contribution in [3.05, 3.63) is 22.2 Å². The van der Waals surface area contributed by atoms with Crippen LogP contribution in [0.2, 0.25) is 0 Å². The quantitative estimate of drug-likeness (QED) is 0.433. The summed E-state index contributed by atoms with van der Waals surface area (Å²) < 4.78 is 5.60. The molecule has 7 heteroatoms. The van der Waals surface area contributed by atoms with Crippen molar-refractivity contribution in [2.45, 2.75) is 0 Å². The highest BCUT2D eigenvalue weighted by Gasteiger charge is 2.06. The Bertz CT molecular complexity index is 441. The second-order valence-corrected chi connectivity index (χ2v) is 3.67. The summed E-state index contributed by atoms with van der Waals surface area (Å²) >= 11 is 3.26. The fraction of sp³-hybridized carbons (Fsp3) is 0.111. The van der Waals surface area contributed by atoms with Gasteiger partial charge in [-0.2, -0.15) is 5.10 Å². The summed E-state index contributed by atoms with van der Waals surface area (Å²) in [6, 6.07) is 3.10. The zero-order valence-electron chi connectivity index (χ0n) is 8.51. The van der Waals surface area contributed by atoms with Crippen molar-refractivity contribution in [1.29, 1.82) is 0 Å². The van der Waals surface area contributed by atoms with Crippen LogP contribution in [0.15, 0.2) is 26.8 Å². The van der Waals surface area contributed by atoms with Crippen LogP contribution in [0.25, 0.3) is 0 Å². The first-order chi connectivity index (χ1) is 7.54. The molecule has 0 unspecified atom stereocenters. The average molecular weight is 287 g/mol. The van der Waals surface area contributed by atoms with E-state index in [9.17, 15) is 5.11 Å². The van der Waals surface area contributed by atoms with Gasteiger partial charge in [-0.25, -0.2) is 0 Å². The number of phenols is 1. The summed E-state index contributed by atoms with van der Waals surface area (Å²) in [5.41, 5.74) is 10.9. The molecule has 1 aromatic carbocycles. The molecule has 0 saturated heterocycles. The number of nitrogens with zero attached hydrogens (tertiary/aromatic N) is 2. The van der Waals surface area contributed by atoms with Gasteiger partial charge >= 0.3 is 0 Å². The van der Waals surface area contributed by atoms with E-state index in [1.165, 1.54) is 19.4 Å². The predicted molar refractivity (Wildman–Crippen MR) is 65.8 cm³/mol. The van der Waals surface area contributed by atoms with Crippen molar-refractivity contribution in [1.82, 2.24) is 0 Å². The number of ether oxygens (including phenoxy) is 1. The molecule has 0 aliphatic heterocycles. The van der Waals surface area contributed by atoms with Crippen molar-refractivity contribution >= 4 is 28.1 Å². The molecule has 0 aliphatic rings. The van der Waals surface area contributed by atoms with Crippen LogP contribution in [0, 0.1) is 0 Å². The Balaban J connectivity index is 3.05. The lowest BCUT2D eigenvalue weighted by Crippen LogP contribution is -2.21. The van der Waals surface area contributed by atoms with Crippen LogP contribution < -0.4 is 16.2 Å². The standard InChI is InChI=1S/C9H11BrN4O2/c1-16-8-2-5(4-13-14-9(11)12)6(10)3-7(8)15/h2-4,15H,1H3,(H4,11,12,14)/b13-4+. The van der Waals surface area contributed by atoms with Crippen molar-refractivity contribution in [2.75, 3.05) is 7.11 Å². The van der Waals surface area contributed by atoms with Gasteiger partial charge in [-0.3, -0.25) is 0 Å². The number of benzene rings is 1. The monoisotopic (exact) mass is 286 g/mol. The van der Waals surface area contributed by atoms with Gasteiger partial charge in [0.1, 0.15) is 0 Å². The molecule has 0 saturated carbocycles. The summed E-state index contributed by atoms with van der Waals surface area (Å²) in [7, 11) is 1.46. The molecular formula is C9H11BrN4O2. The molecule has 0 aliphatic carbocycles. The third kappa shape index (κ3) is 3.13. The Morgan fingerprint density at radius 1 is 1.50 bits per heavy atom. The molecule has 0 radical (unpaired) electrons. The lowest BCUT2D eigenvalue weighted by Gasteiger charge is -2.05. The van der Waals surface area contributed by atoms with E-state index in [-0.39, 0.29) is 11.7 Å². The van der Waals surface area contributed by atoms with Gasteiger partial charge < -0.3 is 21.3 Å². The Morgan fingerprint density at radius 3 is 2.75 bits per heavy atom. The van der Waals surface area contributed by atoms with Crippen LogP contribution in [0.4, 0.5) is 0 Å². The zero-order chi connectivity index (χ0) is 12.1. The summed E-state index contributed by atoms with van der Waals surface area (Å²) in [6.07, 6.45) is 1.44. The summed E-state index contributed by atoms with van der Waals surface area (Å²) in [4.78, 5) is 0. The minimum Gasteiger partial charge on any atom is -0.504 e. The van der Waals surface area contributed by atoms with Crippen LogP contribution in [0.5, 0.6) is 11.5 Å². The highest BCUT2D eigenvalue weighted by Crippen LogP contribution is 2.31. The SMILES string of the molecule is COc1cc(/C=N/N=C(N)N)c(Br)cc1O. The van der Waals surface area contributed by atoms with E-state index in [1.54, 1.807) is 6.07 Å². The molecule has 0 bridgehead atoms. The minimum absolute atomic E-state index is 0.0355. The lowest BCUT2D eigenvalue weighted by atomic mass is 10.2. The number of aromatic hydroxyl groups is 1. The summed E-state index contributed by atoms with van der Waals surface area (Å²) in [5, 5.41) is 16.6. The first-order valence-corrected chi connectivity index (χ1v) is 5.02. The molecule has 0 amide bonds. The van der Waals surface area contributed by atoms with E-state index in [1.807, 2.05) is 0 Å². The Kier molecular flexibility index (Phi) is 4.12. The van der Waals surface area contributed by atoms with Crippen molar-refractivity contribution in [2.24, 2.45) is 21.7 Å². The number of hydrogen-bond donors (Lipinski definition) is 3. The molecule has 5 N–H and O–H groups in total. The average Bonchev–Trinajstić information content (AvgIpc) is 2.20. The minimum atomic E-state index is -0.127. The predicted octanol–water partition coefficient (Wildman–Crippen LogP) is 0.771. The van der Waals surface area contributed by atoms with Gasteiger partial charge in [0.25, 0.3) is 0 Å². The third-order valence-electron chi connectivity index (χ3n) is 1.67. The van der Waals surface area contributed by atoms with E-state index < -0.39 is 0 Å². The van der Waals surface area contributed by atoms with Crippen LogP contribution in [-0.2, 0) is 0 Å². The number of rotatable bonds is 3. The molecule has 0 atom stereocenters. The normalized spacial score (nSPS) is 10.4. The zero-order valence-corrected chi connectivity index (χ0v) is 10.1. The number of halogens is 1. The third-order valence-corrected chi connectivity index (χ3v) is 2.35. The molecular weight excluding hydrogens is 276 g/mol. The Labute approximate surface area is 101 Å². The molecule has 1 aromatic rings. The van der Waals surface area contributed by atoms with E-state index in [0.717, 1.165) is 0 Å². The Hall–Kier alpha value is -1.76. The van der Waals surface area contributed by atoms with Gasteiger partial charge in [0, 0.05) is 10.0 Å². The van der Waals surface area contributed by atoms with Crippen molar-refractivity contribution < 1.29 is 9.84 Å². The smallest absolute Gasteiger partial charge is 0.211 e. The van der Waals surface area contributed by atoms with Crippen LogP contribution >= 0.6 is 15.9 Å². The summed E-state index contributed by atoms with van der Waals surface area (Å²) in [6.45, 7) is 0. The van der Waals surface area contributed by atoms with E-state index in [2.05, 4.69) is 26.1 Å². The van der Waals surface area contributed by atoms with Crippen LogP contribution in [-0.4, -0.2) is 24.4 Å². The van der Waals surface area contributed by atoms with Gasteiger partial charge in [-0.15, -0.1) is 5.10 Å². The lowest BCUT2D eigenvalue weighted by molar-refractivity contribution is 0.373. The molecule has 0 heterocycles. The molecule has 6 nitrogen and oxygen atoms in total. The summed E-state index contributed by atoms with van der Waals surface area (Å²) in [5.74, 6) is 0.251. The largest absolute Gasteiger partial charge is 0.504 e. The number of guanidine groups is 1. The van der Waals surface area contributed by atoms with Crippen molar-refractivity contribution in [3.8, 4) is 11.5 Å². The first kappa shape index (κ1) is 12.3. The fourth-order valence-corrected chi connectivity index (χ4v) is 1.41. The van der Waals surface area contributed by atoms with Gasteiger partial charge in [0.05, 0.1) is 13.3 Å². The van der Waals surface area contributed by atoms with Crippen LogP contribution in [0.1, 0.15) is 5.56 Å². The molecule has 0 fully saturated rings. The highest BCUT2D eigenvalue weighted by atomic mass is 79.9. The van der Waals surface area contributed by atoms with Gasteiger partial charge in [-0.05, 0) is 28.1 Å². The van der Waals surface area contributed by atoms with Crippen LogP contribution in [0.3, 0.4) is 0 Å². The number of nitrogens with two attached hydrogens (primary N) is 2. The molecule has 0 aromatic heterocycles. The topological polar surface area (TPSA) is 106 Å². The maximum Gasteiger partial charge on any atom is 0.211 e. The maximum atomic E-state index is 9.46. The second kappa shape index (κ2) is 5.36. The number of methoxy groups -OCH3 is 1. The van der Waals surface area contributed by atoms with Gasteiger partial charge in [0.15, 0.2) is 11.5 Å². The fourth-order valence-electron chi connectivity index (χ4n) is 0.979. The molecule has 86 valence electrons. The Morgan fingerprint density at radius 2 is 2.19 bits per heavy atom. The number of phenolic OH excluding ortho intramolecular Hbond substituents is 1. The maximum absolute atomic E-state index is 9.46. The van der Waals surface area contributed by atoms with E-state index in [0.29, 0.717) is 15.8 Å². The van der Waals surface area contributed by atoms with E-state index in [4.69, 9.17) is 16.2 Å². The van der Waals surface area contributed by atoms with Gasteiger partial charge in [-0.1, -0.05) is 0 Å². The highest BCUT2D eigenvalue weighted by molar-refractivity contribution is 9.10. The first-order valence-electron chi connectivity index (χ1n) is 4.23. The van der Waals surface area contributed by atoms with Crippen molar-refractivity contribution in [3.63, 3.8) is 0 Å². The number of hydrogen-bond acceptors (Lipinski definition) is 4. The second-order valence-electron chi connectivity index (χ2n) is 2.82. The molecule has 16 heavy (non-hydrogen) atoms. The van der Waals surface area contributed by atoms with Gasteiger partial charge in [0.2, 0.25) is 5.96 Å². The molecule has 1 rings (SSSR count).